The van der Waals surface area contributed by atoms with Crippen molar-refractivity contribution in [3.05, 3.63) is 0 Å². The molecule has 0 saturated heterocycles. The van der Waals surface area contributed by atoms with Crippen LogP contribution in [0.4, 0.5) is 0 Å². The monoisotopic (exact) mass is 128 g/mol. The summed E-state index contributed by atoms with van der Waals surface area (Å²) in [4.78, 5) is 0. The van der Waals surface area contributed by atoms with E-state index in [1.165, 1.54) is 19.3 Å². The maximum Gasteiger partial charge on any atom is 0.0662 e. The molecule has 2 heteroatoms. The second kappa shape index (κ2) is 2.27. The summed E-state index contributed by atoms with van der Waals surface area (Å²) in [7, 11) is 0. The molecule has 0 amide bonds. The number of hydrogen-bond acceptors (Lipinski definition) is 2. The van der Waals surface area contributed by atoms with Gasteiger partial charge in [0.2, 0.25) is 0 Å². The summed E-state index contributed by atoms with van der Waals surface area (Å²) in [6.45, 7) is 2.14. The molecule has 4 N–H and O–H groups in total. The van der Waals surface area contributed by atoms with Gasteiger partial charge >= 0.3 is 0 Å². The van der Waals surface area contributed by atoms with Crippen molar-refractivity contribution >= 4 is 0 Å². The SMILES string of the molecule is CC1CCCCC1(N)N. The quantitative estimate of drug-likeness (QED) is 0.474. The molecule has 1 fully saturated rings. The van der Waals surface area contributed by atoms with Crippen LogP contribution in [0.5, 0.6) is 0 Å². The van der Waals surface area contributed by atoms with Gasteiger partial charge in [-0.2, -0.15) is 0 Å². The molecule has 0 aromatic carbocycles. The summed E-state index contributed by atoms with van der Waals surface area (Å²) in [5.41, 5.74) is 11.2. The Morgan fingerprint density at radius 2 is 2.00 bits per heavy atom. The maximum atomic E-state index is 5.80. The summed E-state index contributed by atoms with van der Waals surface area (Å²) in [6.07, 6.45) is 4.70. The van der Waals surface area contributed by atoms with E-state index in [0.717, 1.165) is 6.42 Å². The number of rotatable bonds is 0. The third-order valence-corrected chi connectivity index (χ3v) is 2.41. The second-order valence-electron chi connectivity index (χ2n) is 3.26. The molecule has 1 unspecified atom stereocenters. The third-order valence-electron chi connectivity index (χ3n) is 2.41. The standard InChI is InChI=1S/C7H16N2/c1-6-4-2-3-5-7(6,8)9/h6H,2-5,8-9H2,1H3. The predicted octanol–water partition coefficient (Wildman–Crippen LogP) is 0.810. The van der Waals surface area contributed by atoms with Crippen LogP contribution >= 0.6 is 0 Å². The fraction of sp³-hybridized carbons (Fsp3) is 1.00. The van der Waals surface area contributed by atoms with Crippen LogP contribution in [0.25, 0.3) is 0 Å². The molecule has 1 aliphatic rings. The van der Waals surface area contributed by atoms with E-state index in [2.05, 4.69) is 6.92 Å². The first-order valence-corrected chi connectivity index (χ1v) is 3.71. The van der Waals surface area contributed by atoms with E-state index in [4.69, 9.17) is 11.5 Å². The Kier molecular flexibility index (Phi) is 1.78. The van der Waals surface area contributed by atoms with Crippen molar-refractivity contribution in [2.75, 3.05) is 0 Å². The van der Waals surface area contributed by atoms with Crippen molar-refractivity contribution in [1.82, 2.24) is 0 Å². The Labute approximate surface area is 56.6 Å². The fourth-order valence-corrected chi connectivity index (χ4v) is 1.40. The minimum Gasteiger partial charge on any atom is -0.313 e. The van der Waals surface area contributed by atoms with E-state index >= 15 is 0 Å². The molecule has 0 bridgehead atoms. The van der Waals surface area contributed by atoms with Crippen molar-refractivity contribution in [3.8, 4) is 0 Å². The molecular formula is C7H16N2. The van der Waals surface area contributed by atoms with Crippen molar-refractivity contribution in [1.29, 1.82) is 0 Å². The molecule has 2 nitrogen and oxygen atoms in total. The van der Waals surface area contributed by atoms with Gasteiger partial charge in [0.25, 0.3) is 0 Å². The van der Waals surface area contributed by atoms with E-state index in [1.54, 1.807) is 0 Å². The summed E-state index contributed by atoms with van der Waals surface area (Å²) < 4.78 is 0. The minimum absolute atomic E-state index is 0.363. The third kappa shape index (κ3) is 1.43. The summed E-state index contributed by atoms with van der Waals surface area (Å²) in [5.74, 6) is 0.506. The van der Waals surface area contributed by atoms with Crippen LogP contribution in [0, 0.1) is 5.92 Å². The first kappa shape index (κ1) is 7.03. The summed E-state index contributed by atoms with van der Waals surface area (Å²) >= 11 is 0. The van der Waals surface area contributed by atoms with Crippen molar-refractivity contribution < 1.29 is 0 Å². The van der Waals surface area contributed by atoms with Gasteiger partial charge in [-0.15, -0.1) is 0 Å². The molecule has 9 heavy (non-hydrogen) atoms. The maximum absolute atomic E-state index is 5.80. The lowest BCUT2D eigenvalue weighted by Gasteiger charge is -2.35. The van der Waals surface area contributed by atoms with Crippen LogP contribution in [-0.2, 0) is 0 Å². The average molecular weight is 128 g/mol. The van der Waals surface area contributed by atoms with Gasteiger partial charge in [0.05, 0.1) is 5.66 Å². The van der Waals surface area contributed by atoms with Gasteiger partial charge in [0.1, 0.15) is 0 Å². The molecular weight excluding hydrogens is 112 g/mol. The molecule has 1 rings (SSSR count). The lowest BCUT2D eigenvalue weighted by atomic mass is 9.81. The molecule has 0 aromatic heterocycles. The van der Waals surface area contributed by atoms with Gasteiger partial charge < -0.3 is 11.5 Å². The van der Waals surface area contributed by atoms with Gasteiger partial charge in [-0.3, -0.25) is 0 Å². The topological polar surface area (TPSA) is 52.0 Å². The van der Waals surface area contributed by atoms with Crippen LogP contribution in [0.3, 0.4) is 0 Å². The Morgan fingerprint density at radius 1 is 1.33 bits per heavy atom. The van der Waals surface area contributed by atoms with Crippen LogP contribution in [0.15, 0.2) is 0 Å². The molecule has 0 aliphatic heterocycles. The normalized spacial score (nSPS) is 34.3. The highest BCUT2D eigenvalue weighted by molar-refractivity contribution is 4.86. The molecule has 1 aliphatic carbocycles. The summed E-state index contributed by atoms with van der Waals surface area (Å²) in [5, 5.41) is 0. The van der Waals surface area contributed by atoms with E-state index in [9.17, 15) is 0 Å². The molecule has 1 saturated carbocycles. The van der Waals surface area contributed by atoms with Gasteiger partial charge in [-0.25, -0.2) is 0 Å². The van der Waals surface area contributed by atoms with Crippen molar-refractivity contribution in [2.24, 2.45) is 17.4 Å². The highest BCUT2D eigenvalue weighted by atomic mass is 15.0. The van der Waals surface area contributed by atoms with Gasteiger partial charge in [0, 0.05) is 0 Å². The largest absolute Gasteiger partial charge is 0.313 e. The van der Waals surface area contributed by atoms with E-state index in [-0.39, 0.29) is 5.66 Å². The van der Waals surface area contributed by atoms with Crippen LogP contribution in [-0.4, -0.2) is 5.66 Å². The Bertz CT molecular complexity index is 99.1. The first-order valence-electron chi connectivity index (χ1n) is 3.71. The molecule has 0 radical (unpaired) electrons. The Balaban J connectivity index is 2.49. The van der Waals surface area contributed by atoms with E-state index in [1.807, 2.05) is 0 Å². The molecule has 54 valence electrons. The molecule has 0 aromatic rings. The fourth-order valence-electron chi connectivity index (χ4n) is 1.40. The van der Waals surface area contributed by atoms with Crippen LogP contribution in [0.2, 0.25) is 0 Å². The highest BCUT2D eigenvalue weighted by Gasteiger charge is 2.29. The average Bonchev–Trinajstić information content (AvgIpc) is 1.77. The lowest BCUT2D eigenvalue weighted by Crippen LogP contribution is -2.56. The molecule has 0 heterocycles. The smallest absolute Gasteiger partial charge is 0.0662 e. The predicted molar refractivity (Wildman–Crippen MR) is 38.7 cm³/mol. The van der Waals surface area contributed by atoms with Gasteiger partial charge in [-0.05, 0) is 18.8 Å². The zero-order chi connectivity index (χ0) is 6.91. The van der Waals surface area contributed by atoms with Crippen LogP contribution < -0.4 is 11.5 Å². The Hall–Kier alpha value is -0.0800. The highest BCUT2D eigenvalue weighted by Crippen LogP contribution is 2.26. The van der Waals surface area contributed by atoms with Crippen LogP contribution in [0.1, 0.15) is 32.6 Å². The van der Waals surface area contributed by atoms with Gasteiger partial charge in [-0.1, -0.05) is 19.8 Å². The summed E-state index contributed by atoms with van der Waals surface area (Å²) in [6, 6.07) is 0. The number of nitrogens with two attached hydrogens (primary N) is 2. The van der Waals surface area contributed by atoms with E-state index in [0.29, 0.717) is 5.92 Å². The molecule has 1 atom stereocenters. The zero-order valence-electron chi connectivity index (χ0n) is 6.06. The number of hydrogen-bond donors (Lipinski definition) is 2. The molecule has 0 spiro atoms. The second-order valence-corrected chi connectivity index (χ2v) is 3.26. The zero-order valence-corrected chi connectivity index (χ0v) is 6.06. The van der Waals surface area contributed by atoms with Gasteiger partial charge in [0.15, 0.2) is 0 Å². The van der Waals surface area contributed by atoms with Crippen molar-refractivity contribution in [3.63, 3.8) is 0 Å². The lowest BCUT2D eigenvalue weighted by molar-refractivity contribution is 0.212. The Morgan fingerprint density at radius 3 is 2.33 bits per heavy atom. The first-order chi connectivity index (χ1) is 4.13. The van der Waals surface area contributed by atoms with Crippen molar-refractivity contribution in [2.45, 2.75) is 38.3 Å². The minimum atomic E-state index is -0.363. The van der Waals surface area contributed by atoms with E-state index < -0.39 is 0 Å².